The molecular weight excluding hydrogens is 432 g/mol. The zero-order chi connectivity index (χ0) is 17.6. The van der Waals surface area contributed by atoms with Gasteiger partial charge in [-0.3, -0.25) is 4.99 Å². The molecule has 142 valence electrons. The molecule has 1 saturated heterocycles. The topological polar surface area (TPSA) is 45.7 Å². The molecule has 2 unspecified atom stereocenters. The van der Waals surface area contributed by atoms with Gasteiger partial charge in [-0.05, 0) is 36.0 Å². The van der Waals surface area contributed by atoms with E-state index in [2.05, 4.69) is 36.4 Å². The zero-order valence-corrected chi connectivity index (χ0v) is 18.0. The van der Waals surface area contributed by atoms with Crippen molar-refractivity contribution in [2.75, 3.05) is 20.2 Å². The van der Waals surface area contributed by atoms with Crippen LogP contribution >= 0.6 is 24.0 Å². The van der Waals surface area contributed by atoms with E-state index in [1.165, 1.54) is 18.6 Å². The molecule has 0 radical (unpaired) electrons. The lowest BCUT2D eigenvalue weighted by Gasteiger charge is -2.40. The number of nitrogens with one attached hydrogen (secondary N) is 2. The van der Waals surface area contributed by atoms with Crippen LogP contribution in [-0.4, -0.2) is 32.3 Å². The Morgan fingerprint density at radius 2 is 1.92 bits per heavy atom. The van der Waals surface area contributed by atoms with Crippen molar-refractivity contribution in [1.82, 2.24) is 10.6 Å². The Kier molecular flexibility index (Phi) is 9.13. The number of rotatable bonds is 4. The van der Waals surface area contributed by atoms with Crippen molar-refractivity contribution in [3.63, 3.8) is 0 Å². The van der Waals surface area contributed by atoms with Crippen molar-refractivity contribution >= 4 is 29.9 Å². The van der Waals surface area contributed by atoms with Gasteiger partial charge >= 0.3 is 0 Å². The van der Waals surface area contributed by atoms with Gasteiger partial charge in [-0.2, -0.15) is 0 Å². The monoisotopic (exact) mass is 463 g/mol. The van der Waals surface area contributed by atoms with E-state index in [4.69, 9.17) is 4.74 Å². The Hall–Kier alpha value is -0.890. The summed E-state index contributed by atoms with van der Waals surface area (Å²) < 4.78 is 19.0. The first kappa shape index (κ1) is 22.2. The summed E-state index contributed by atoms with van der Waals surface area (Å²) >= 11 is 0. The van der Waals surface area contributed by atoms with E-state index in [1.807, 2.05) is 0 Å². The van der Waals surface area contributed by atoms with Gasteiger partial charge in [0.15, 0.2) is 5.96 Å². The SMILES string of the molecule is CN=C(NCc1ccc(F)cc1)NCC1CCCOC1C(C)(C)C.I. The lowest BCUT2D eigenvalue weighted by molar-refractivity contribution is -0.0835. The van der Waals surface area contributed by atoms with Gasteiger partial charge in [-0.1, -0.05) is 32.9 Å². The van der Waals surface area contributed by atoms with Crippen molar-refractivity contribution in [3.8, 4) is 0 Å². The summed E-state index contributed by atoms with van der Waals surface area (Å²) in [4.78, 5) is 4.27. The highest BCUT2D eigenvalue weighted by Gasteiger charge is 2.35. The summed E-state index contributed by atoms with van der Waals surface area (Å²) in [5.74, 6) is 1.02. The first-order valence-electron chi connectivity index (χ1n) is 8.70. The lowest BCUT2D eigenvalue weighted by atomic mass is 9.78. The van der Waals surface area contributed by atoms with E-state index in [0.717, 1.165) is 31.1 Å². The molecule has 6 heteroatoms. The van der Waals surface area contributed by atoms with Gasteiger partial charge < -0.3 is 15.4 Å². The van der Waals surface area contributed by atoms with Gasteiger partial charge in [0.25, 0.3) is 0 Å². The van der Waals surface area contributed by atoms with Crippen LogP contribution in [0, 0.1) is 17.2 Å². The number of halogens is 2. The van der Waals surface area contributed by atoms with Crippen molar-refractivity contribution in [1.29, 1.82) is 0 Å². The van der Waals surface area contributed by atoms with Gasteiger partial charge in [0.2, 0.25) is 0 Å². The summed E-state index contributed by atoms with van der Waals surface area (Å²) in [7, 11) is 1.76. The van der Waals surface area contributed by atoms with Crippen LogP contribution in [0.3, 0.4) is 0 Å². The summed E-state index contributed by atoms with van der Waals surface area (Å²) in [6, 6.07) is 6.50. The van der Waals surface area contributed by atoms with Crippen LogP contribution in [0.25, 0.3) is 0 Å². The molecule has 1 aromatic carbocycles. The first-order chi connectivity index (χ1) is 11.4. The van der Waals surface area contributed by atoms with E-state index in [0.29, 0.717) is 12.5 Å². The van der Waals surface area contributed by atoms with Crippen LogP contribution in [0.5, 0.6) is 0 Å². The molecule has 1 aromatic rings. The molecule has 2 atom stereocenters. The maximum atomic E-state index is 12.9. The fraction of sp³-hybridized carbons (Fsp3) is 0.632. The van der Waals surface area contributed by atoms with E-state index >= 15 is 0 Å². The van der Waals surface area contributed by atoms with Gasteiger partial charge in [0.1, 0.15) is 5.82 Å². The summed E-state index contributed by atoms with van der Waals surface area (Å²) in [5, 5.41) is 6.68. The highest BCUT2D eigenvalue weighted by atomic mass is 127. The molecule has 1 aliphatic heterocycles. The Morgan fingerprint density at radius 1 is 1.24 bits per heavy atom. The van der Waals surface area contributed by atoms with E-state index < -0.39 is 0 Å². The number of nitrogens with zero attached hydrogens (tertiary/aromatic N) is 1. The van der Waals surface area contributed by atoms with Crippen LogP contribution in [0.2, 0.25) is 0 Å². The zero-order valence-electron chi connectivity index (χ0n) is 15.6. The summed E-state index contributed by atoms with van der Waals surface area (Å²) in [6.07, 6.45) is 2.54. The fourth-order valence-corrected chi connectivity index (χ4v) is 3.25. The third-order valence-electron chi connectivity index (χ3n) is 4.43. The molecule has 1 aliphatic rings. The number of benzene rings is 1. The second-order valence-electron chi connectivity index (χ2n) is 7.49. The Morgan fingerprint density at radius 3 is 2.52 bits per heavy atom. The minimum Gasteiger partial charge on any atom is -0.377 e. The number of aliphatic imine (C=N–C) groups is 1. The smallest absolute Gasteiger partial charge is 0.191 e. The largest absolute Gasteiger partial charge is 0.377 e. The summed E-state index contributed by atoms with van der Waals surface area (Å²) in [5.41, 5.74) is 1.16. The first-order valence-corrected chi connectivity index (χ1v) is 8.70. The third kappa shape index (κ3) is 7.09. The molecule has 2 N–H and O–H groups in total. The molecule has 0 bridgehead atoms. The fourth-order valence-electron chi connectivity index (χ4n) is 3.25. The lowest BCUT2D eigenvalue weighted by Crippen LogP contribution is -2.47. The van der Waals surface area contributed by atoms with Gasteiger partial charge in [0.05, 0.1) is 6.10 Å². The predicted octanol–water partition coefficient (Wildman–Crippen LogP) is 3.95. The average molecular weight is 463 g/mol. The van der Waals surface area contributed by atoms with E-state index in [9.17, 15) is 4.39 Å². The van der Waals surface area contributed by atoms with Gasteiger partial charge in [0, 0.05) is 32.7 Å². The van der Waals surface area contributed by atoms with Crippen molar-refractivity contribution < 1.29 is 9.13 Å². The Balaban J connectivity index is 0.00000312. The number of hydrogen-bond acceptors (Lipinski definition) is 2. The quantitative estimate of drug-likeness (QED) is 0.404. The minimum absolute atomic E-state index is 0. The van der Waals surface area contributed by atoms with Crippen molar-refractivity contribution in [2.24, 2.45) is 16.3 Å². The maximum absolute atomic E-state index is 12.9. The van der Waals surface area contributed by atoms with Crippen molar-refractivity contribution in [2.45, 2.75) is 46.3 Å². The molecular formula is C19H31FIN3O. The number of ether oxygens (including phenoxy) is 1. The molecule has 25 heavy (non-hydrogen) atoms. The Labute approximate surface area is 168 Å². The third-order valence-corrected chi connectivity index (χ3v) is 4.43. The summed E-state index contributed by atoms with van der Waals surface area (Å²) in [6.45, 7) is 9.01. The standard InChI is InChI=1S/C19H30FN3O.HI/c1-19(2,3)17-15(6-5-11-24-17)13-23-18(21-4)22-12-14-7-9-16(20)10-8-14;/h7-10,15,17H,5-6,11-13H2,1-4H3,(H2,21,22,23);1H. The van der Waals surface area contributed by atoms with E-state index in [-0.39, 0.29) is 41.3 Å². The van der Waals surface area contributed by atoms with Crippen LogP contribution in [0.4, 0.5) is 4.39 Å². The average Bonchev–Trinajstić information content (AvgIpc) is 2.56. The second kappa shape index (κ2) is 10.3. The molecule has 0 aliphatic carbocycles. The van der Waals surface area contributed by atoms with E-state index in [1.54, 1.807) is 19.2 Å². The van der Waals surface area contributed by atoms with Crippen LogP contribution < -0.4 is 10.6 Å². The molecule has 0 spiro atoms. The molecule has 0 aromatic heterocycles. The highest BCUT2D eigenvalue weighted by Crippen LogP contribution is 2.33. The molecule has 4 nitrogen and oxygen atoms in total. The van der Waals surface area contributed by atoms with Crippen LogP contribution in [0.15, 0.2) is 29.3 Å². The predicted molar refractivity (Wildman–Crippen MR) is 112 cm³/mol. The van der Waals surface area contributed by atoms with Gasteiger partial charge in [-0.25, -0.2) is 4.39 Å². The highest BCUT2D eigenvalue weighted by molar-refractivity contribution is 14.0. The molecule has 2 rings (SSSR count). The van der Waals surface area contributed by atoms with Crippen molar-refractivity contribution in [3.05, 3.63) is 35.6 Å². The molecule has 0 amide bonds. The second-order valence-corrected chi connectivity index (χ2v) is 7.49. The van der Waals surface area contributed by atoms with Crippen LogP contribution in [0.1, 0.15) is 39.2 Å². The number of guanidine groups is 1. The molecule has 1 heterocycles. The maximum Gasteiger partial charge on any atom is 0.191 e. The normalized spacial score (nSPS) is 21.4. The Bertz CT molecular complexity index is 543. The van der Waals surface area contributed by atoms with Crippen LogP contribution in [-0.2, 0) is 11.3 Å². The number of hydrogen-bond donors (Lipinski definition) is 2. The molecule has 1 fully saturated rings. The van der Waals surface area contributed by atoms with Gasteiger partial charge in [-0.15, -0.1) is 24.0 Å². The minimum atomic E-state index is -0.216. The molecule has 0 saturated carbocycles.